The summed E-state index contributed by atoms with van der Waals surface area (Å²) >= 11 is 0. The third kappa shape index (κ3) is 6.66. The Balaban J connectivity index is 1.35. The van der Waals surface area contributed by atoms with Crippen molar-refractivity contribution < 1.29 is 10.0 Å². The summed E-state index contributed by atoms with van der Waals surface area (Å²) in [5, 5.41) is 21.8. The van der Waals surface area contributed by atoms with Gasteiger partial charge in [-0.2, -0.15) is 0 Å². The second-order valence-electron chi connectivity index (χ2n) is 10.0. The first kappa shape index (κ1) is 26.5. The molecule has 1 aliphatic heterocycles. The summed E-state index contributed by atoms with van der Waals surface area (Å²) in [6, 6.07) is 26.8. The number of nitro groups is 1. The van der Waals surface area contributed by atoms with Crippen LogP contribution in [0.25, 0.3) is 11.4 Å². The van der Waals surface area contributed by atoms with E-state index in [1.807, 2.05) is 55.5 Å². The summed E-state index contributed by atoms with van der Waals surface area (Å²) in [7, 11) is 0. The summed E-state index contributed by atoms with van der Waals surface area (Å²) in [5.74, 6) is 1.60. The number of aliphatic hydroxyl groups is 1. The Bertz CT molecular complexity index is 1390. The molecule has 0 spiro atoms. The topological polar surface area (TPSA) is 95.6 Å². The molecule has 200 valence electrons. The SMILES string of the molecule is Cc1nc(-c2ccccc2)nc(N2CCN(C[C@H](O)Cc3ccccc3)CC2)c1Cc1ccc([N+](=O)[O-])cc1. The highest BCUT2D eigenvalue weighted by atomic mass is 16.6. The molecule has 0 saturated carbocycles. The first-order valence-corrected chi connectivity index (χ1v) is 13.3. The van der Waals surface area contributed by atoms with Crippen molar-refractivity contribution in [1.29, 1.82) is 0 Å². The molecule has 8 nitrogen and oxygen atoms in total. The lowest BCUT2D eigenvalue weighted by molar-refractivity contribution is -0.384. The molecule has 0 amide bonds. The quantitative estimate of drug-likeness (QED) is 0.251. The summed E-state index contributed by atoms with van der Waals surface area (Å²) in [6.45, 7) is 5.87. The molecule has 0 aliphatic carbocycles. The van der Waals surface area contributed by atoms with Crippen LogP contribution in [0.2, 0.25) is 0 Å². The van der Waals surface area contributed by atoms with Crippen molar-refractivity contribution in [1.82, 2.24) is 14.9 Å². The molecule has 3 aromatic carbocycles. The molecule has 5 rings (SSSR count). The third-order valence-electron chi connectivity index (χ3n) is 7.21. The highest BCUT2D eigenvalue weighted by Crippen LogP contribution is 2.29. The number of hydrogen-bond donors (Lipinski definition) is 1. The van der Waals surface area contributed by atoms with E-state index in [-0.39, 0.29) is 10.6 Å². The van der Waals surface area contributed by atoms with Crippen molar-refractivity contribution in [2.45, 2.75) is 25.9 Å². The molecule has 0 unspecified atom stereocenters. The number of hydrogen-bond acceptors (Lipinski definition) is 7. The van der Waals surface area contributed by atoms with Crippen molar-refractivity contribution in [2.24, 2.45) is 0 Å². The summed E-state index contributed by atoms with van der Waals surface area (Å²) < 4.78 is 0. The average molecular weight is 524 g/mol. The van der Waals surface area contributed by atoms with Gasteiger partial charge in [-0.25, -0.2) is 9.97 Å². The van der Waals surface area contributed by atoms with Gasteiger partial charge in [-0.15, -0.1) is 0 Å². The first-order valence-electron chi connectivity index (χ1n) is 13.3. The van der Waals surface area contributed by atoms with Crippen LogP contribution < -0.4 is 4.90 Å². The molecule has 1 atom stereocenters. The van der Waals surface area contributed by atoms with Gasteiger partial charge in [0.1, 0.15) is 5.82 Å². The van der Waals surface area contributed by atoms with Crippen LogP contribution in [0.4, 0.5) is 11.5 Å². The maximum atomic E-state index is 11.1. The number of nitrogens with zero attached hydrogens (tertiary/aromatic N) is 5. The van der Waals surface area contributed by atoms with Gasteiger partial charge >= 0.3 is 0 Å². The van der Waals surface area contributed by atoms with Crippen LogP contribution in [-0.4, -0.2) is 63.7 Å². The number of piperazine rings is 1. The minimum atomic E-state index is -0.414. The smallest absolute Gasteiger partial charge is 0.269 e. The lowest BCUT2D eigenvalue weighted by Gasteiger charge is -2.37. The molecule has 39 heavy (non-hydrogen) atoms. The lowest BCUT2D eigenvalue weighted by Crippen LogP contribution is -2.49. The highest BCUT2D eigenvalue weighted by molar-refractivity contribution is 5.61. The van der Waals surface area contributed by atoms with Crippen molar-refractivity contribution >= 4 is 11.5 Å². The van der Waals surface area contributed by atoms with Gasteiger partial charge in [0, 0.05) is 68.1 Å². The molecular weight excluding hydrogens is 490 g/mol. The number of β-amino-alcohol motifs (C(OH)–C–C–N with tert-alkyl or cyclic N) is 1. The number of aliphatic hydroxyl groups excluding tert-OH is 1. The third-order valence-corrected chi connectivity index (χ3v) is 7.21. The molecule has 1 fully saturated rings. The Morgan fingerprint density at radius 3 is 2.15 bits per heavy atom. The molecule has 0 radical (unpaired) electrons. The molecule has 1 N–H and O–H groups in total. The highest BCUT2D eigenvalue weighted by Gasteiger charge is 2.24. The van der Waals surface area contributed by atoms with Gasteiger partial charge in [0.25, 0.3) is 5.69 Å². The van der Waals surface area contributed by atoms with Crippen molar-refractivity contribution in [2.75, 3.05) is 37.6 Å². The fourth-order valence-corrected chi connectivity index (χ4v) is 5.10. The monoisotopic (exact) mass is 523 g/mol. The zero-order valence-electron chi connectivity index (χ0n) is 22.1. The average Bonchev–Trinajstić information content (AvgIpc) is 2.95. The van der Waals surface area contributed by atoms with Crippen LogP contribution in [0.15, 0.2) is 84.9 Å². The summed E-state index contributed by atoms with van der Waals surface area (Å²) in [5.41, 5.74) is 5.09. The normalized spacial score (nSPS) is 14.8. The van der Waals surface area contributed by atoms with Crippen molar-refractivity contribution in [3.05, 3.63) is 117 Å². The molecule has 1 aliphatic rings. The molecule has 1 saturated heterocycles. The minimum absolute atomic E-state index is 0.0805. The van der Waals surface area contributed by atoms with Crippen molar-refractivity contribution in [3.8, 4) is 11.4 Å². The van der Waals surface area contributed by atoms with E-state index in [0.717, 1.165) is 59.9 Å². The maximum Gasteiger partial charge on any atom is 0.269 e. The Morgan fingerprint density at radius 2 is 1.51 bits per heavy atom. The van der Waals surface area contributed by atoms with Gasteiger partial charge < -0.3 is 10.0 Å². The number of nitro benzene ring substituents is 1. The number of aryl methyl sites for hydroxylation is 1. The Morgan fingerprint density at radius 1 is 0.872 bits per heavy atom. The minimum Gasteiger partial charge on any atom is -0.391 e. The number of aromatic nitrogens is 2. The Labute approximate surface area is 228 Å². The lowest BCUT2D eigenvalue weighted by atomic mass is 10.0. The fraction of sp³-hybridized carbons (Fsp3) is 0.290. The predicted octanol–water partition coefficient (Wildman–Crippen LogP) is 4.68. The predicted molar refractivity (Wildman–Crippen MR) is 153 cm³/mol. The van der Waals surface area contributed by atoms with E-state index >= 15 is 0 Å². The Kier molecular flexibility index (Phi) is 8.24. The number of benzene rings is 3. The number of anilines is 1. The van der Waals surface area contributed by atoms with Crippen LogP contribution in [0, 0.1) is 17.0 Å². The second-order valence-corrected chi connectivity index (χ2v) is 10.0. The molecule has 8 heteroatoms. The van der Waals surface area contributed by atoms with E-state index in [9.17, 15) is 15.2 Å². The van der Waals surface area contributed by atoms with E-state index < -0.39 is 6.10 Å². The fourth-order valence-electron chi connectivity index (χ4n) is 5.10. The van der Waals surface area contributed by atoms with Gasteiger partial charge in [0.05, 0.1) is 11.0 Å². The van der Waals surface area contributed by atoms with Gasteiger partial charge in [-0.1, -0.05) is 72.8 Å². The molecule has 2 heterocycles. The van der Waals surface area contributed by atoms with E-state index in [2.05, 4.69) is 21.9 Å². The van der Waals surface area contributed by atoms with E-state index in [4.69, 9.17) is 9.97 Å². The zero-order chi connectivity index (χ0) is 27.2. The largest absolute Gasteiger partial charge is 0.391 e. The van der Waals surface area contributed by atoms with E-state index in [1.54, 1.807) is 24.3 Å². The summed E-state index contributed by atoms with van der Waals surface area (Å²) in [6.07, 6.45) is 0.818. The van der Waals surface area contributed by atoms with Crippen LogP contribution >= 0.6 is 0 Å². The molecule has 1 aromatic heterocycles. The second kappa shape index (κ2) is 12.1. The standard InChI is InChI=1S/C31H33N5O3/c1-23-29(21-25-12-14-27(15-13-25)36(38)39)31(33-30(32-23)26-10-6-3-7-11-26)35-18-16-34(17-19-35)22-28(37)20-24-8-4-2-5-9-24/h2-15,28,37H,16-22H2,1H3/t28-/m1/s1. The Hall–Kier alpha value is -4.14. The van der Waals surface area contributed by atoms with Crippen LogP contribution in [0.1, 0.15) is 22.4 Å². The van der Waals surface area contributed by atoms with Gasteiger partial charge in [0.15, 0.2) is 5.82 Å². The van der Waals surface area contributed by atoms with E-state index in [0.29, 0.717) is 25.2 Å². The first-order chi connectivity index (χ1) is 19.0. The molecular formula is C31H33N5O3. The summed E-state index contributed by atoms with van der Waals surface area (Å²) in [4.78, 5) is 25.2. The number of non-ortho nitro benzene ring substituents is 1. The van der Waals surface area contributed by atoms with Gasteiger partial charge in [-0.3, -0.25) is 15.0 Å². The van der Waals surface area contributed by atoms with Crippen LogP contribution in [0.5, 0.6) is 0 Å². The number of rotatable bonds is 9. The zero-order valence-corrected chi connectivity index (χ0v) is 22.1. The molecule has 0 bridgehead atoms. The van der Waals surface area contributed by atoms with Crippen LogP contribution in [-0.2, 0) is 12.8 Å². The van der Waals surface area contributed by atoms with Gasteiger partial charge in [0.2, 0.25) is 0 Å². The van der Waals surface area contributed by atoms with Gasteiger partial charge in [-0.05, 0) is 24.5 Å². The van der Waals surface area contributed by atoms with Crippen molar-refractivity contribution in [3.63, 3.8) is 0 Å². The maximum absolute atomic E-state index is 11.1. The molecule has 4 aromatic rings. The van der Waals surface area contributed by atoms with Crippen LogP contribution in [0.3, 0.4) is 0 Å². The van der Waals surface area contributed by atoms with E-state index in [1.165, 1.54) is 0 Å².